The zero-order valence-corrected chi connectivity index (χ0v) is 17.9. The third-order valence-electron chi connectivity index (χ3n) is 4.80. The van der Waals surface area contributed by atoms with Gasteiger partial charge in [-0.2, -0.15) is 13.2 Å². The summed E-state index contributed by atoms with van der Waals surface area (Å²) in [5, 5.41) is 4.04. The third kappa shape index (κ3) is 5.96. The molecule has 32 heavy (non-hydrogen) atoms. The number of nitrogens with zero attached hydrogens (tertiary/aromatic N) is 1. The molecule has 1 N–H and O–H groups in total. The fourth-order valence-electron chi connectivity index (χ4n) is 3.15. The van der Waals surface area contributed by atoms with Gasteiger partial charge >= 0.3 is 6.18 Å². The van der Waals surface area contributed by atoms with Crippen LogP contribution in [0.2, 0.25) is 0 Å². The highest BCUT2D eigenvalue weighted by Gasteiger charge is 2.30. The minimum Gasteiger partial charge on any atom is -0.489 e. The SMILES string of the molecule is FC(F)(F)c1cccc(CNCc2ncc(-c3ccc(OCc4ccccc4)cc3)s2)c1. The molecule has 0 radical (unpaired) electrons. The van der Waals surface area contributed by atoms with Gasteiger partial charge in [-0.05, 0) is 47.0 Å². The van der Waals surface area contributed by atoms with Crippen LogP contribution in [0.15, 0.2) is 85.1 Å². The van der Waals surface area contributed by atoms with Gasteiger partial charge in [0.25, 0.3) is 0 Å². The Labute approximate surface area is 188 Å². The number of halogens is 3. The molecule has 0 aliphatic carbocycles. The van der Waals surface area contributed by atoms with Gasteiger partial charge in [-0.25, -0.2) is 4.98 Å². The summed E-state index contributed by atoms with van der Waals surface area (Å²) >= 11 is 1.55. The number of thiazole rings is 1. The molecule has 1 aromatic heterocycles. The van der Waals surface area contributed by atoms with Crippen LogP contribution in [0.4, 0.5) is 13.2 Å². The Hall–Kier alpha value is -3.16. The molecule has 0 unspecified atom stereocenters. The number of hydrogen-bond acceptors (Lipinski definition) is 4. The number of aromatic nitrogens is 1. The minimum atomic E-state index is -4.33. The Bertz CT molecular complexity index is 1140. The average Bonchev–Trinajstić information content (AvgIpc) is 3.27. The van der Waals surface area contributed by atoms with E-state index in [4.69, 9.17) is 4.74 Å². The second-order valence-electron chi connectivity index (χ2n) is 7.22. The molecule has 3 nitrogen and oxygen atoms in total. The van der Waals surface area contributed by atoms with Crippen molar-refractivity contribution < 1.29 is 17.9 Å². The largest absolute Gasteiger partial charge is 0.489 e. The molecule has 4 aromatic rings. The lowest BCUT2D eigenvalue weighted by Gasteiger charge is -2.09. The standard InChI is InChI=1S/C25H21F3N2OS/c26-25(27,28)21-8-4-7-19(13-21)14-29-16-24-30-15-23(32-24)20-9-11-22(12-10-20)31-17-18-5-2-1-3-6-18/h1-13,15,29H,14,16-17H2. The number of ether oxygens (including phenoxy) is 1. The van der Waals surface area contributed by atoms with E-state index in [-0.39, 0.29) is 0 Å². The van der Waals surface area contributed by atoms with Crippen LogP contribution in [0.5, 0.6) is 5.75 Å². The summed E-state index contributed by atoms with van der Waals surface area (Å²) in [6.45, 7) is 1.34. The smallest absolute Gasteiger partial charge is 0.416 e. The maximum atomic E-state index is 12.8. The van der Waals surface area contributed by atoms with Crippen LogP contribution in [0.3, 0.4) is 0 Å². The average molecular weight is 455 g/mol. The van der Waals surface area contributed by atoms with E-state index in [0.29, 0.717) is 25.3 Å². The van der Waals surface area contributed by atoms with Crippen molar-refractivity contribution in [3.63, 3.8) is 0 Å². The zero-order chi connectivity index (χ0) is 22.4. The lowest BCUT2D eigenvalue weighted by Crippen LogP contribution is -2.13. The molecule has 0 bridgehead atoms. The number of alkyl halides is 3. The predicted octanol–water partition coefficient (Wildman–Crippen LogP) is 6.70. The van der Waals surface area contributed by atoms with Crippen molar-refractivity contribution in [3.05, 3.63) is 107 Å². The summed E-state index contributed by atoms with van der Waals surface area (Å²) in [4.78, 5) is 5.45. The van der Waals surface area contributed by atoms with Crippen molar-refractivity contribution in [3.8, 4) is 16.2 Å². The second-order valence-corrected chi connectivity index (χ2v) is 8.33. The van der Waals surface area contributed by atoms with Crippen LogP contribution >= 0.6 is 11.3 Å². The Morgan fingerprint density at radius 1 is 0.844 bits per heavy atom. The molecular formula is C25H21F3N2OS. The summed E-state index contributed by atoms with van der Waals surface area (Å²) in [6.07, 6.45) is -2.52. The van der Waals surface area contributed by atoms with E-state index in [1.807, 2.05) is 60.8 Å². The van der Waals surface area contributed by atoms with Crippen molar-refractivity contribution in [1.82, 2.24) is 10.3 Å². The molecule has 0 aliphatic heterocycles. The third-order valence-corrected chi connectivity index (χ3v) is 5.85. The number of rotatable bonds is 8. The van der Waals surface area contributed by atoms with E-state index in [9.17, 15) is 13.2 Å². The summed E-state index contributed by atoms with van der Waals surface area (Å²) in [5.74, 6) is 0.796. The number of nitrogens with one attached hydrogen (secondary N) is 1. The van der Waals surface area contributed by atoms with Crippen LogP contribution in [-0.4, -0.2) is 4.98 Å². The van der Waals surface area contributed by atoms with Crippen molar-refractivity contribution in [2.45, 2.75) is 25.9 Å². The van der Waals surface area contributed by atoms with Crippen molar-refractivity contribution in [2.24, 2.45) is 0 Å². The van der Waals surface area contributed by atoms with E-state index in [2.05, 4.69) is 10.3 Å². The quantitative estimate of drug-likeness (QED) is 0.322. The van der Waals surface area contributed by atoms with E-state index in [0.717, 1.165) is 32.8 Å². The van der Waals surface area contributed by atoms with Crippen LogP contribution in [-0.2, 0) is 25.9 Å². The first-order valence-corrected chi connectivity index (χ1v) is 10.9. The van der Waals surface area contributed by atoms with Gasteiger partial charge < -0.3 is 10.1 Å². The molecule has 0 atom stereocenters. The molecule has 1 heterocycles. The highest BCUT2D eigenvalue weighted by molar-refractivity contribution is 7.15. The Balaban J connectivity index is 1.30. The van der Waals surface area contributed by atoms with E-state index in [1.54, 1.807) is 17.4 Å². The van der Waals surface area contributed by atoms with Crippen LogP contribution in [0, 0.1) is 0 Å². The van der Waals surface area contributed by atoms with Crippen LogP contribution in [0.1, 0.15) is 21.7 Å². The van der Waals surface area contributed by atoms with Gasteiger partial charge in [-0.3, -0.25) is 0 Å². The van der Waals surface area contributed by atoms with Crippen molar-refractivity contribution in [1.29, 1.82) is 0 Å². The summed E-state index contributed by atoms with van der Waals surface area (Å²) in [6, 6.07) is 23.2. The molecule has 0 spiro atoms. The van der Waals surface area contributed by atoms with Gasteiger partial charge in [0.05, 0.1) is 10.4 Å². The Kier molecular flexibility index (Phi) is 6.87. The second kappa shape index (κ2) is 9.97. The first-order chi connectivity index (χ1) is 15.5. The lowest BCUT2D eigenvalue weighted by molar-refractivity contribution is -0.137. The van der Waals surface area contributed by atoms with Crippen LogP contribution in [0.25, 0.3) is 10.4 Å². The van der Waals surface area contributed by atoms with Gasteiger partial charge in [0.15, 0.2) is 0 Å². The lowest BCUT2D eigenvalue weighted by atomic mass is 10.1. The van der Waals surface area contributed by atoms with E-state index < -0.39 is 11.7 Å². The van der Waals surface area contributed by atoms with Gasteiger partial charge in [0.1, 0.15) is 17.4 Å². The fourth-order valence-corrected chi connectivity index (χ4v) is 4.05. The summed E-state index contributed by atoms with van der Waals surface area (Å²) in [5.41, 5.74) is 2.10. The molecule has 7 heteroatoms. The normalized spacial score (nSPS) is 11.5. The minimum absolute atomic E-state index is 0.340. The highest BCUT2D eigenvalue weighted by Crippen LogP contribution is 2.30. The maximum Gasteiger partial charge on any atom is 0.416 e. The topological polar surface area (TPSA) is 34.2 Å². The Morgan fingerprint density at radius 3 is 2.34 bits per heavy atom. The van der Waals surface area contributed by atoms with Crippen molar-refractivity contribution >= 4 is 11.3 Å². The van der Waals surface area contributed by atoms with Gasteiger partial charge in [0, 0.05) is 19.3 Å². The van der Waals surface area contributed by atoms with E-state index in [1.165, 1.54) is 12.1 Å². The highest BCUT2D eigenvalue weighted by atomic mass is 32.1. The van der Waals surface area contributed by atoms with Crippen LogP contribution < -0.4 is 10.1 Å². The maximum absolute atomic E-state index is 12.8. The molecule has 0 fully saturated rings. The number of hydrogen-bond donors (Lipinski definition) is 1. The molecule has 0 saturated carbocycles. The molecule has 4 rings (SSSR count). The first-order valence-electron chi connectivity index (χ1n) is 10.1. The van der Waals surface area contributed by atoms with Gasteiger partial charge in [0.2, 0.25) is 0 Å². The number of benzene rings is 3. The van der Waals surface area contributed by atoms with E-state index >= 15 is 0 Å². The zero-order valence-electron chi connectivity index (χ0n) is 17.1. The predicted molar refractivity (Wildman–Crippen MR) is 120 cm³/mol. The molecule has 0 amide bonds. The molecule has 0 aliphatic rings. The van der Waals surface area contributed by atoms with Gasteiger partial charge in [-0.1, -0.05) is 48.5 Å². The van der Waals surface area contributed by atoms with Crippen molar-refractivity contribution in [2.75, 3.05) is 0 Å². The fraction of sp³-hybridized carbons (Fsp3) is 0.160. The molecule has 3 aromatic carbocycles. The molecular weight excluding hydrogens is 433 g/mol. The summed E-state index contributed by atoms with van der Waals surface area (Å²) < 4.78 is 44.3. The van der Waals surface area contributed by atoms with Gasteiger partial charge in [-0.15, -0.1) is 11.3 Å². The first kappa shape index (κ1) is 22.0. The Morgan fingerprint density at radius 2 is 1.59 bits per heavy atom. The monoisotopic (exact) mass is 454 g/mol. The molecule has 0 saturated heterocycles. The molecule has 164 valence electrons. The summed E-state index contributed by atoms with van der Waals surface area (Å²) in [7, 11) is 0.